The first-order valence-corrected chi connectivity index (χ1v) is 3.47. The maximum Gasteiger partial charge on any atom is 0.0722 e. The van der Waals surface area contributed by atoms with Gasteiger partial charge in [-0.25, -0.2) is 0 Å². The van der Waals surface area contributed by atoms with Gasteiger partial charge in [-0.1, -0.05) is 6.07 Å². The maximum atomic E-state index is 5.72. The third-order valence-electron chi connectivity index (χ3n) is 1.68. The lowest BCUT2D eigenvalue weighted by Crippen LogP contribution is -1.86. The number of nitrogen functional groups attached to an aromatic ring is 1. The van der Waals surface area contributed by atoms with Crippen LogP contribution in [-0.2, 0) is 0 Å². The van der Waals surface area contributed by atoms with Crippen LogP contribution in [0.3, 0.4) is 0 Å². The Morgan fingerprint density at radius 2 is 1.77 bits per heavy atom. The molecule has 2 aromatic rings. The number of rotatable bonds is 0. The highest BCUT2D eigenvalue weighted by molar-refractivity contribution is 5.89. The Morgan fingerprint density at radius 1 is 1.00 bits per heavy atom. The van der Waals surface area contributed by atoms with E-state index in [0.717, 1.165) is 16.6 Å². The van der Waals surface area contributed by atoms with Gasteiger partial charge in [0.25, 0.3) is 0 Å². The summed E-state index contributed by atoms with van der Waals surface area (Å²) in [4.78, 5) is 4.16. The Labute approximate surface area is 89.0 Å². The molecule has 0 aliphatic rings. The largest absolute Gasteiger partial charge is 0.398 e. The molecule has 70 valence electrons. The van der Waals surface area contributed by atoms with Crippen molar-refractivity contribution in [1.82, 2.24) is 4.98 Å². The van der Waals surface area contributed by atoms with Crippen molar-refractivity contribution < 1.29 is 0 Å². The average Bonchev–Trinajstić information content (AvgIpc) is 2.06. The molecule has 1 heterocycles. The first-order chi connectivity index (χ1) is 5.38. The standard InChI is InChI=1S/C9H8N2.2ClH/c10-8-4-1-5-9-7(8)3-2-6-11-9;;/h1-6H,10H2;2*1H. The second-order valence-electron chi connectivity index (χ2n) is 2.42. The molecule has 2 rings (SSSR count). The molecule has 0 saturated carbocycles. The molecule has 0 atom stereocenters. The predicted molar refractivity (Wildman–Crippen MR) is 60.7 cm³/mol. The van der Waals surface area contributed by atoms with Crippen LogP contribution in [0.25, 0.3) is 10.9 Å². The van der Waals surface area contributed by atoms with E-state index >= 15 is 0 Å². The van der Waals surface area contributed by atoms with Crippen LogP contribution in [0.5, 0.6) is 0 Å². The molecule has 4 heteroatoms. The summed E-state index contributed by atoms with van der Waals surface area (Å²) in [6.45, 7) is 0. The van der Waals surface area contributed by atoms with Crippen LogP contribution in [0, 0.1) is 0 Å². The van der Waals surface area contributed by atoms with Gasteiger partial charge in [-0.2, -0.15) is 0 Å². The first kappa shape index (κ1) is 12.0. The summed E-state index contributed by atoms with van der Waals surface area (Å²) in [5.41, 5.74) is 7.46. The summed E-state index contributed by atoms with van der Waals surface area (Å²) < 4.78 is 0. The summed E-state index contributed by atoms with van der Waals surface area (Å²) in [6, 6.07) is 9.59. The van der Waals surface area contributed by atoms with Crippen molar-refractivity contribution in [1.29, 1.82) is 0 Å². The number of halogens is 2. The van der Waals surface area contributed by atoms with E-state index in [2.05, 4.69) is 4.98 Å². The minimum atomic E-state index is 0. The third-order valence-corrected chi connectivity index (χ3v) is 1.68. The molecule has 0 unspecified atom stereocenters. The summed E-state index contributed by atoms with van der Waals surface area (Å²) in [5, 5.41) is 1.02. The number of benzene rings is 1. The monoisotopic (exact) mass is 216 g/mol. The smallest absolute Gasteiger partial charge is 0.0722 e. The Kier molecular flexibility index (Phi) is 4.52. The zero-order chi connectivity index (χ0) is 7.68. The van der Waals surface area contributed by atoms with Crippen molar-refractivity contribution in [3.05, 3.63) is 36.5 Å². The quantitative estimate of drug-likeness (QED) is 0.689. The molecule has 13 heavy (non-hydrogen) atoms. The SMILES string of the molecule is Cl.Cl.Nc1cccc2ncccc12. The van der Waals surface area contributed by atoms with Gasteiger partial charge in [0.15, 0.2) is 0 Å². The van der Waals surface area contributed by atoms with Gasteiger partial charge < -0.3 is 5.73 Å². The fraction of sp³-hybridized carbons (Fsp3) is 0. The number of hydrogen-bond donors (Lipinski definition) is 1. The summed E-state index contributed by atoms with van der Waals surface area (Å²) >= 11 is 0. The van der Waals surface area contributed by atoms with Gasteiger partial charge in [0.2, 0.25) is 0 Å². The number of fused-ring (bicyclic) bond motifs is 1. The van der Waals surface area contributed by atoms with Crippen molar-refractivity contribution in [2.45, 2.75) is 0 Å². The molecule has 0 amide bonds. The number of nitrogens with two attached hydrogens (primary N) is 1. The highest BCUT2D eigenvalue weighted by Crippen LogP contribution is 2.17. The molecule has 0 aliphatic carbocycles. The summed E-state index contributed by atoms with van der Waals surface area (Å²) in [5.74, 6) is 0. The maximum absolute atomic E-state index is 5.72. The Morgan fingerprint density at radius 3 is 2.46 bits per heavy atom. The lowest BCUT2D eigenvalue weighted by molar-refractivity contribution is 1.41. The molecule has 0 bridgehead atoms. The minimum absolute atomic E-state index is 0. The highest BCUT2D eigenvalue weighted by atomic mass is 35.5. The molecule has 2 N–H and O–H groups in total. The predicted octanol–water partition coefficient (Wildman–Crippen LogP) is 2.66. The van der Waals surface area contributed by atoms with E-state index in [0.29, 0.717) is 0 Å². The van der Waals surface area contributed by atoms with E-state index in [1.54, 1.807) is 6.20 Å². The first-order valence-electron chi connectivity index (χ1n) is 3.47. The average molecular weight is 217 g/mol. The zero-order valence-electron chi connectivity index (χ0n) is 6.81. The van der Waals surface area contributed by atoms with Crippen molar-refractivity contribution in [3.8, 4) is 0 Å². The molecule has 0 saturated heterocycles. The molecule has 2 nitrogen and oxygen atoms in total. The Hall–Kier alpha value is -0.990. The van der Waals surface area contributed by atoms with Gasteiger partial charge in [-0.15, -0.1) is 24.8 Å². The molecule has 0 radical (unpaired) electrons. The number of aromatic nitrogens is 1. The van der Waals surface area contributed by atoms with Gasteiger partial charge in [-0.3, -0.25) is 4.98 Å². The zero-order valence-corrected chi connectivity index (χ0v) is 8.44. The van der Waals surface area contributed by atoms with Crippen molar-refractivity contribution in [2.75, 3.05) is 5.73 Å². The minimum Gasteiger partial charge on any atom is -0.398 e. The topological polar surface area (TPSA) is 38.9 Å². The molecular formula is C9H10Cl2N2. The third kappa shape index (κ3) is 2.23. The van der Waals surface area contributed by atoms with Crippen LogP contribution in [0.4, 0.5) is 5.69 Å². The number of hydrogen-bond acceptors (Lipinski definition) is 2. The molecule has 1 aromatic carbocycles. The highest BCUT2D eigenvalue weighted by Gasteiger charge is 1.94. The van der Waals surface area contributed by atoms with Gasteiger partial charge >= 0.3 is 0 Å². The van der Waals surface area contributed by atoms with Gasteiger partial charge in [0, 0.05) is 17.3 Å². The number of anilines is 1. The van der Waals surface area contributed by atoms with Gasteiger partial charge in [0.1, 0.15) is 0 Å². The van der Waals surface area contributed by atoms with Crippen molar-refractivity contribution >= 4 is 41.4 Å². The number of pyridine rings is 1. The van der Waals surface area contributed by atoms with Gasteiger partial charge in [-0.05, 0) is 24.3 Å². The van der Waals surface area contributed by atoms with Crippen LogP contribution in [0.1, 0.15) is 0 Å². The van der Waals surface area contributed by atoms with Crippen LogP contribution in [-0.4, -0.2) is 4.98 Å². The normalized spacial score (nSPS) is 8.62. The van der Waals surface area contributed by atoms with E-state index in [1.807, 2.05) is 30.3 Å². The molecule has 0 spiro atoms. The van der Waals surface area contributed by atoms with E-state index in [-0.39, 0.29) is 24.8 Å². The molecule has 0 aliphatic heterocycles. The van der Waals surface area contributed by atoms with E-state index in [1.165, 1.54) is 0 Å². The molecule has 1 aromatic heterocycles. The van der Waals surface area contributed by atoms with E-state index in [9.17, 15) is 0 Å². The lowest BCUT2D eigenvalue weighted by Gasteiger charge is -1.97. The van der Waals surface area contributed by atoms with Crippen LogP contribution in [0.2, 0.25) is 0 Å². The van der Waals surface area contributed by atoms with Crippen LogP contribution in [0.15, 0.2) is 36.5 Å². The van der Waals surface area contributed by atoms with Crippen LogP contribution >= 0.6 is 24.8 Å². The second kappa shape index (κ2) is 4.90. The van der Waals surface area contributed by atoms with Crippen molar-refractivity contribution in [3.63, 3.8) is 0 Å². The van der Waals surface area contributed by atoms with E-state index in [4.69, 9.17) is 5.73 Å². The molecular weight excluding hydrogens is 207 g/mol. The summed E-state index contributed by atoms with van der Waals surface area (Å²) in [7, 11) is 0. The second-order valence-corrected chi connectivity index (χ2v) is 2.42. The van der Waals surface area contributed by atoms with Crippen LogP contribution < -0.4 is 5.73 Å². The van der Waals surface area contributed by atoms with Crippen molar-refractivity contribution in [2.24, 2.45) is 0 Å². The van der Waals surface area contributed by atoms with Gasteiger partial charge in [0.05, 0.1) is 5.52 Å². The van der Waals surface area contributed by atoms with E-state index < -0.39 is 0 Å². The number of nitrogens with zero attached hydrogens (tertiary/aromatic N) is 1. The Balaban J connectivity index is 0.000000720. The lowest BCUT2D eigenvalue weighted by atomic mass is 10.2. The molecule has 0 fully saturated rings. The Bertz CT molecular complexity index is 385. The fourth-order valence-corrected chi connectivity index (χ4v) is 1.13. The fourth-order valence-electron chi connectivity index (χ4n) is 1.13. The summed E-state index contributed by atoms with van der Waals surface area (Å²) in [6.07, 6.45) is 1.77.